The first-order valence-corrected chi connectivity index (χ1v) is 7.77. The Kier molecular flexibility index (Phi) is 4.25. The largest absolute Gasteiger partial charge is 0.381 e. The van der Waals surface area contributed by atoms with Crippen molar-refractivity contribution in [2.24, 2.45) is 5.92 Å². The lowest BCUT2D eigenvalue weighted by atomic mass is 9.74. The number of ether oxygens (including phenoxy) is 1. The van der Waals surface area contributed by atoms with Gasteiger partial charge in [-0.15, -0.1) is 0 Å². The Labute approximate surface area is 129 Å². The highest BCUT2D eigenvalue weighted by Crippen LogP contribution is 2.40. The van der Waals surface area contributed by atoms with Crippen LogP contribution in [0.25, 0.3) is 0 Å². The Morgan fingerprint density at radius 3 is 2.50 bits per heavy atom. The van der Waals surface area contributed by atoms with Crippen LogP contribution in [0.5, 0.6) is 0 Å². The number of rotatable bonds is 4. The van der Waals surface area contributed by atoms with E-state index in [-0.39, 0.29) is 11.2 Å². The van der Waals surface area contributed by atoms with Gasteiger partial charge in [0, 0.05) is 19.6 Å². The highest BCUT2D eigenvalue weighted by molar-refractivity contribution is 5.33. The fourth-order valence-corrected chi connectivity index (χ4v) is 3.01. The first-order chi connectivity index (χ1) is 10.6. The molecular weight excluding hydrogens is 283 g/mol. The first-order valence-electron chi connectivity index (χ1n) is 7.77. The molecule has 0 amide bonds. The van der Waals surface area contributed by atoms with Crippen molar-refractivity contribution in [3.8, 4) is 0 Å². The van der Waals surface area contributed by atoms with Gasteiger partial charge in [0.15, 0.2) is 5.82 Å². The molecule has 1 saturated heterocycles. The minimum absolute atomic E-state index is 0.239. The maximum absolute atomic E-state index is 13.3. The van der Waals surface area contributed by atoms with Crippen LogP contribution >= 0.6 is 0 Å². The highest BCUT2D eigenvalue weighted by atomic mass is 19.1. The number of benzene rings is 1. The molecule has 0 saturated carbocycles. The van der Waals surface area contributed by atoms with Crippen LogP contribution in [0.2, 0.25) is 0 Å². The summed E-state index contributed by atoms with van der Waals surface area (Å²) in [7, 11) is 0. The van der Waals surface area contributed by atoms with E-state index in [4.69, 9.17) is 9.26 Å². The smallest absolute Gasteiger partial charge is 0.237 e. The van der Waals surface area contributed by atoms with E-state index in [1.165, 1.54) is 12.1 Å². The Morgan fingerprint density at radius 2 is 1.86 bits per heavy atom. The van der Waals surface area contributed by atoms with Crippen molar-refractivity contribution < 1.29 is 13.7 Å². The van der Waals surface area contributed by atoms with Crippen molar-refractivity contribution in [1.29, 1.82) is 0 Å². The molecule has 118 valence electrons. The van der Waals surface area contributed by atoms with Crippen molar-refractivity contribution in [2.45, 2.75) is 38.5 Å². The molecule has 0 aliphatic carbocycles. The van der Waals surface area contributed by atoms with Crippen LogP contribution < -0.4 is 0 Å². The maximum Gasteiger partial charge on any atom is 0.237 e. The van der Waals surface area contributed by atoms with Crippen LogP contribution in [0.3, 0.4) is 0 Å². The summed E-state index contributed by atoms with van der Waals surface area (Å²) < 4.78 is 24.3. The molecule has 0 bridgehead atoms. The van der Waals surface area contributed by atoms with E-state index in [0.29, 0.717) is 25.0 Å². The average Bonchev–Trinajstić information content (AvgIpc) is 2.97. The SMILES string of the molecule is CC(C)Cc1noc(C2(c3ccc(F)cc3)CCOCC2)n1. The molecule has 4 nitrogen and oxygen atoms in total. The van der Waals surface area contributed by atoms with E-state index in [0.717, 1.165) is 30.7 Å². The third kappa shape index (κ3) is 2.90. The lowest BCUT2D eigenvalue weighted by molar-refractivity contribution is 0.0523. The van der Waals surface area contributed by atoms with Crippen LogP contribution in [-0.2, 0) is 16.6 Å². The Bertz CT molecular complexity index is 616. The summed E-state index contributed by atoms with van der Waals surface area (Å²) in [6.07, 6.45) is 2.32. The monoisotopic (exact) mass is 304 g/mol. The fourth-order valence-electron chi connectivity index (χ4n) is 3.01. The number of halogens is 1. The number of hydrogen-bond donors (Lipinski definition) is 0. The van der Waals surface area contributed by atoms with Gasteiger partial charge in [-0.1, -0.05) is 31.1 Å². The van der Waals surface area contributed by atoms with Crippen LogP contribution in [0, 0.1) is 11.7 Å². The first kappa shape index (κ1) is 15.2. The average molecular weight is 304 g/mol. The minimum Gasteiger partial charge on any atom is -0.381 e. The second-order valence-electron chi connectivity index (χ2n) is 6.32. The summed E-state index contributed by atoms with van der Waals surface area (Å²) in [4.78, 5) is 4.62. The van der Waals surface area contributed by atoms with Gasteiger partial charge in [0.25, 0.3) is 0 Å². The zero-order valence-corrected chi connectivity index (χ0v) is 13.0. The molecular formula is C17H21FN2O2. The molecule has 22 heavy (non-hydrogen) atoms. The van der Waals surface area contributed by atoms with E-state index in [2.05, 4.69) is 24.0 Å². The number of nitrogens with zero attached hydrogens (tertiary/aromatic N) is 2. The Balaban J connectivity index is 1.98. The molecule has 5 heteroatoms. The van der Waals surface area contributed by atoms with E-state index in [1.54, 1.807) is 0 Å². The Morgan fingerprint density at radius 1 is 1.18 bits per heavy atom. The predicted molar refractivity (Wildman–Crippen MR) is 80.1 cm³/mol. The fraction of sp³-hybridized carbons (Fsp3) is 0.529. The molecule has 1 aromatic carbocycles. The van der Waals surface area contributed by atoms with Crippen LogP contribution in [0.1, 0.15) is 44.0 Å². The molecule has 0 N–H and O–H groups in total. The van der Waals surface area contributed by atoms with Gasteiger partial charge in [0.05, 0.1) is 5.41 Å². The van der Waals surface area contributed by atoms with E-state index in [1.807, 2.05) is 12.1 Å². The van der Waals surface area contributed by atoms with Gasteiger partial charge in [0.2, 0.25) is 5.89 Å². The van der Waals surface area contributed by atoms with Crippen molar-refractivity contribution in [3.63, 3.8) is 0 Å². The number of hydrogen-bond acceptors (Lipinski definition) is 4. The summed E-state index contributed by atoms with van der Waals surface area (Å²) in [5.74, 6) is 1.59. The molecule has 1 fully saturated rings. The molecule has 3 rings (SSSR count). The Hall–Kier alpha value is -1.75. The molecule has 0 unspecified atom stereocenters. The van der Waals surface area contributed by atoms with Gasteiger partial charge in [0.1, 0.15) is 5.82 Å². The zero-order valence-electron chi connectivity index (χ0n) is 13.0. The minimum atomic E-state index is -0.367. The quantitative estimate of drug-likeness (QED) is 0.867. The van der Waals surface area contributed by atoms with E-state index < -0.39 is 0 Å². The molecule has 0 radical (unpaired) electrons. The summed E-state index contributed by atoms with van der Waals surface area (Å²) >= 11 is 0. The van der Waals surface area contributed by atoms with Crippen molar-refractivity contribution in [1.82, 2.24) is 10.1 Å². The molecule has 0 spiro atoms. The van der Waals surface area contributed by atoms with Gasteiger partial charge in [-0.05, 0) is 36.5 Å². The summed E-state index contributed by atoms with van der Waals surface area (Å²) in [6, 6.07) is 6.59. The van der Waals surface area contributed by atoms with Gasteiger partial charge in [-0.2, -0.15) is 4.98 Å². The highest BCUT2D eigenvalue weighted by Gasteiger charge is 2.41. The molecule has 1 aliphatic rings. The van der Waals surface area contributed by atoms with Crippen LogP contribution in [-0.4, -0.2) is 23.4 Å². The standard InChI is InChI=1S/C17H21FN2O2/c1-12(2)11-15-19-16(22-20-15)17(7-9-21-10-8-17)13-3-5-14(18)6-4-13/h3-6,12H,7-11H2,1-2H3. The van der Waals surface area contributed by atoms with E-state index >= 15 is 0 Å². The lowest BCUT2D eigenvalue weighted by Crippen LogP contribution is -2.35. The second kappa shape index (κ2) is 6.16. The third-order valence-electron chi connectivity index (χ3n) is 4.21. The normalized spacial score (nSPS) is 17.8. The summed E-state index contributed by atoms with van der Waals surface area (Å²) in [5.41, 5.74) is 0.644. The topological polar surface area (TPSA) is 48.2 Å². The van der Waals surface area contributed by atoms with Crippen molar-refractivity contribution in [3.05, 3.63) is 47.4 Å². The number of aromatic nitrogens is 2. The zero-order chi connectivity index (χ0) is 15.6. The van der Waals surface area contributed by atoms with Gasteiger partial charge in [-0.3, -0.25) is 0 Å². The molecule has 2 aromatic rings. The van der Waals surface area contributed by atoms with E-state index in [9.17, 15) is 4.39 Å². The van der Waals surface area contributed by atoms with Gasteiger partial charge < -0.3 is 9.26 Å². The molecule has 0 atom stereocenters. The molecule has 1 aliphatic heterocycles. The summed E-state index contributed by atoms with van der Waals surface area (Å²) in [5, 5.41) is 4.12. The molecule has 2 heterocycles. The van der Waals surface area contributed by atoms with Crippen LogP contribution in [0.4, 0.5) is 4.39 Å². The van der Waals surface area contributed by atoms with Crippen LogP contribution in [0.15, 0.2) is 28.8 Å². The lowest BCUT2D eigenvalue weighted by Gasteiger charge is -2.34. The molecule has 1 aromatic heterocycles. The maximum atomic E-state index is 13.3. The second-order valence-corrected chi connectivity index (χ2v) is 6.32. The van der Waals surface area contributed by atoms with Crippen molar-refractivity contribution >= 4 is 0 Å². The van der Waals surface area contributed by atoms with Gasteiger partial charge >= 0.3 is 0 Å². The predicted octanol–water partition coefficient (Wildman–Crippen LogP) is 3.50. The van der Waals surface area contributed by atoms with Crippen molar-refractivity contribution in [2.75, 3.05) is 13.2 Å². The third-order valence-corrected chi connectivity index (χ3v) is 4.21. The summed E-state index contributed by atoms with van der Waals surface area (Å²) in [6.45, 7) is 5.53. The van der Waals surface area contributed by atoms with Gasteiger partial charge in [-0.25, -0.2) is 4.39 Å².